The SMILES string of the molecule is NC(=O)c1cc([C@H]2CCCCN2C(=O)Cc2cccnc2)[nH]n1. The average molecular weight is 313 g/mol. The van der Waals surface area contributed by atoms with E-state index < -0.39 is 5.91 Å². The molecule has 23 heavy (non-hydrogen) atoms. The summed E-state index contributed by atoms with van der Waals surface area (Å²) < 4.78 is 0. The first-order valence-corrected chi connectivity index (χ1v) is 7.68. The zero-order valence-corrected chi connectivity index (χ0v) is 12.7. The number of nitrogens with one attached hydrogen (secondary N) is 1. The highest BCUT2D eigenvalue weighted by Crippen LogP contribution is 2.30. The summed E-state index contributed by atoms with van der Waals surface area (Å²) in [6, 6.07) is 5.27. The fraction of sp³-hybridized carbons (Fsp3) is 0.375. The van der Waals surface area contributed by atoms with Gasteiger partial charge >= 0.3 is 0 Å². The van der Waals surface area contributed by atoms with Gasteiger partial charge in [-0.1, -0.05) is 6.07 Å². The molecule has 7 nitrogen and oxygen atoms in total. The van der Waals surface area contributed by atoms with Crippen LogP contribution in [0.25, 0.3) is 0 Å². The minimum absolute atomic E-state index is 0.0536. The van der Waals surface area contributed by atoms with Gasteiger partial charge in [0.25, 0.3) is 5.91 Å². The number of carbonyl (C=O) groups excluding carboxylic acids is 2. The Morgan fingerprint density at radius 3 is 2.96 bits per heavy atom. The lowest BCUT2D eigenvalue weighted by molar-refractivity contribution is -0.134. The van der Waals surface area contributed by atoms with E-state index in [4.69, 9.17) is 5.73 Å². The third kappa shape index (κ3) is 3.39. The van der Waals surface area contributed by atoms with E-state index in [0.717, 1.165) is 30.5 Å². The Morgan fingerprint density at radius 2 is 2.26 bits per heavy atom. The number of pyridine rings is 1. The molecule has 3 rings (SSSR count). The number of primary amides is 1. The number of likely N-dealkylation sites (tertiary alicyclic amines) is 1. The lowest BCUT2D eigenvalue weighted by atomic mass is 9.98. The molecule has 7 heteroatoms. The van der Waals surface area contributed by atoms with Gasteiger partial charge in [-0.15, -0.1) is 0 Å². The van der Waals surface area contributed by atoms with E-state index >= 15 is 0 Å². The molecule has 3 N–H and O–H groups in total. The summed E-state index contributed by atoms with van der Waals surface area (Å²) in [4.78, 5) is 29.8. The zero-order chi connectivity index (χ0) is 16.2. The van der Waals surface area contributed by atoms with Gasteiger partial charge in [0.15, 0.2) is 0 Å². The maximum absolute atomic E-state index is 12.7. The fourth-order valence-corrected chi connectivity index (χ4v) is 2.97. The first-order valence-electron chi connectivity index (χ1n) is 7.68. The maximum Gasteiger partial charge on any atom is 0.269 e. The van der Waals surface area contributed by atoms with Gasteiger partial charge in [0.2, 0.25) is 5.91 Å². The van der Waals surface area contributed by atoms with E-state index in [1.807, 2.05) is 17.0 Å². The molecule has 2 aromatic rings. The summed E-state index contributed by atoms with van der Waals surface area (Å²) in [5.41, 5.74) is 7.10. The first kappa shape index (κ1) is 15.2. The Morgan fingerprint density at radius 1 is 1.39 bits per heavy atom. The number of rotatable bonds is 4. The Hall–Kier alpha value is -2.70. The van der Waals surface area contributed by atoms with Crippen molar-refractivity contribution in [3.63, 3.8) is 0 Å². The van der Waals surface area contributed by atoms with E-state index in [9.17, 15) is 9.59 Å². The molecule has 1 saturated heterocycles. The third-order valence-electron chi connectivity index (χ3n) is 4.11. The number of hydrogen-bond donors (Lipinski definition) is 2. The van der Waals surface area contributed by atoms with Crippen molar-refractivity contribution in [2.45, 2.75) is 31.7 Å². The molecular weight excluding hydrogens is 294 g/mol. The summed E-state index contributed by atoms with van der Waals surface area (Å²) in [5, 5.41) is 6.77. The maximum atomic E-state index is 12.7. The van der Waals surface area contributed by atoms with Crippen LogP contribution in [0.3, 0.4) is 0 Å². The van der Waals surface area contributed by atoms with Crippen molar-refractivity contribution in [3.8, 4) is 0 Å². The summed E-state index contributed by atoms with van der Waals surface area (Å²) in [5.74, 6) is -0.519. The van der Waals surface area contributed by atoms with Crippen LogP contribution in [-0.2, 0) is 11.2 Å². The monoisotopic (exact) mass is 313 g/mol. The molecule has 3 heterocycles. The zero-order valence-electron chi connectivity index (χ0n) is 12.7. The van der Waals surface area contributed by atoms with Crippen LogP contribution >= 0.6 is 0 Å². The Bertz CT molecular complexity index is 698. The fourth-order valence-electron chi connectivity index (χ4n) is 2.97. The lowest BCUT2D eigenvalue weighted by Crippen LogP contribution is -2.39. The topological polar surface area (TPSA) is 105 Å². The van der Waals surface area contributed by atoms with Crippen molar-refractivity contribution in [2.75, 3.05) is 6.54 Å². The predicted molar refractivity (Wildman–Crippen MR) is 83.4 cm³/mol. The molecular formula is C16H19N5O2. The van der Waals surface area contributed by atoms with Crippen LogP contribution in [0.15, 0.2) is 30.6 Å². The van der Waals surface area contributed by atoms with Crippen LogP contribution in [0.4, 0.5) is 0 Å². The first-order chi connectivity index (χ1) is 11.1. The van der Waals surface area contributed by atoms with Crippen molar-refractivity contribution in [1.82, 2.24) is 20.1 Å². The van der Waals surface area contributed by atoms with Gasteiger partial charge in [0, 0.05) is 18.9 Å². The molecule has 120 valence electrons. The van der Waals surface area contributed by atoms with Gasteiger partial charge in [0.1, 0.15) is 5.69 Å². The molecule has 0 spiro atoms. The number of piperidine rings is 1. The third-order valence-corrected chi connectivity index (χ3v) is 4.11. The molecule has 1 aliphatic rings. The number of aromatic amines is 1. The quantitative estimate of drug-likeness (QED) is 0.884. The minimum Gasteiger partial charge on any atom is -0.364 e. The Kier molecular flexibility index (Phi) is 4.36. The van der Waals surface area contributed by atoms with Crippen molar-refractivity contribution in [2.24, 2.45) is 5.73 Å². The van der Waals surface area contributed by atoms with Gasteiger partial charge in [-0.25, -0.2) is 0 Å². The molecule has 0 aromatic carbocycles. The second-order valence-corrected chi connectivity index (χ2v) is 5.71. The van der Waals surface area contributed by atoms with Crippen molar-refractivity contribution in [1.29, 1.82) is 0 Å². The van der Waals surface area contributed by atoms with E-state index in [1.165, 1.54) is 0 Å². The Balaban J connectivity index is 1.77. The van der Waals surface area contributed by atoms with Crippen LogP contribution in [-0.4, -0.2) is 38.4 Å². The van der Waals surface area contributed by atoms with Crippen LogP contribution in [0.1, 0.15) is 47.1 Å². The number of carbonyl (C=O) groups is 2. The average Bonchev–Trinajstić information content (AvgIpc) is 3.06. The highest BCUT2D eigenvalue weighted by molar-refractivity contribution is 5.90. The lowest BCUT2D eigenvalue weighted by Gasteiger charge is -2.35. The van der Waals surface area contributed by atoms with Crippen molar-refractivity contribution < 1.29 is 9.59 Å². The molecule has 0 radical (unpaired) electrons. The molecule has 2 aromatic heterocycles. The van der Waals surface area contributed by atoms with Crippen LogP contribution < -0.4 is 5.73 Å². The molecule has 0 unspecified atom stereocenters. The highest BCUT2D eigenvalue weighted by Gasteiger charge is 2.29. The summed E-state index contributed by atoms with van der Waals surface area (Å²) >= 11 is 0. The van der Waals surface area contributed by atoms with E-state index in [2.05, 4.69) is 15.2 Å². The van der Waals surface area contributed by atoms with Gasteiger partial charge in [-0.05, 0) is 37.0 Å². The Labute approximate surface area is 133 Å². The van der Waals surface area contributed by atoms with Crippen LogP contribution in [0.5, 0.6) is 0 Å². The molecule has 1 aliphatic heterocycles. The van der Waals surface area contributed by atoms with Crippen molar-refractivity contribution in [3.05, 3.63) is 47.5 Å². The normalized spacial score (nSPS) is 17.9. The van der Waals surface area contributed by atoms with Gasteiger partial charge in [0.05, 0.1) is 18.2 Å². The van der Waals surface area contributed by atoms with E-state index in [-0.39, 0.29) is 17.6 Å². The van der Waals surface area contributed by atoms with Gasteiger partial charge in [-0.2, -0.15) is 5.10 Å². The smallest absolute Gasteiger partial charge is 0.269 e. The molecule has 0 bridgehead atoms. The molecule has 1 fully saturated rings. The minimum atomic E-state index is -0.573. The molecule has 2 amide bonds. The van der Waals surface area contributed by atoms with Gasteiger partial charge in [-0.3, -0.25) is 19.7 Å². The van der Waals surface area contributed by atoms with E-state index in [1.54, 1.807) is 18.5 Å². The van der Waals surface area contributed by atoms with Crippen LogP contribution in [0, 0.1) is 0 Å². The molecule has 1 atom stereocenters. The second kappa shape index (κ2) is 6.60. The standard InChI is InChI=1S/C16H19N5O2/c17-16(23)13-9-12(19-20-13)14-5-1-2-7-21(14)15(22)8-11-4-3-6-18-10-11/h3-4,6,9-10,14H,1-2,5,7-8H2,(H2,17,23)(H,19,20)/t14-/m1/s1. The predicted octanol–water partition coefficient (Wildman–Crippen LogP) is 1.20. The summed E-state index contributed by atoms with van der Waals surface area (Å²) in [6.45, 7) is 0.703. The molecule has 0 aliphatic carbocycles. The highest BCUT2D eigenvalue weighted by atomic mass is 16.2. The van der Waals surface area contributed by atoms with Crippen molar-refractivity contribution >= 4 is 11.8 Å². The number of aromatic nitrogens is 3. The number of H-pyrrole nitrogens is 1. The number of nitrogens with two attached hydrogens (primary N) is 1. The second-order valence-electron chi connectivity index (χ2n) is 5.71. The number of amides is 2. The summed E-state index contributed by atoms with van der Waals surface area (Å²) in [7, 11) is 0. The number of nitrogens with zero attached hydrogens (tertiary/aromatic N) is 3. The summed E-state index contributed by atoms with van der Waals surface area (Å²) in [6.07, 6.45) is 6.57. The largest absolute Gasteiger partial charge is 0.364 e. The van der Waals surface area contributed by atoms with Crippen LogP contribution in [0.2, 0.25) is 0 Å². The number of hydrogen-bond acceptors (Lipinski definition) is 4. The molecule has 0 saturated carbocycles. The van der Waals surface area contributed by atoms with E-state index in [0.29, 0.717) is 13.0 Å². The van der Waals surface area contributed by atoms with Gasteiger partial charge < -0.3 is 10.6 Å².